The predicted molar refractivity (Wildman–Crippen MR) is 61.4 cm³/mol. The first-order chi connectivity index (χ1) is 8.16. The SMILES string of the molecule is O=C(Nc1cccnc1Cl)c1ccc(F)cn1. The highest BCUT2D eigenvalue weighted by atomic mass is 35.5. The van der Waals surface area contributed by atoms with E-state index in [0.29, 0.717) is 5.69 Å². The number of pyridine rings is 2. The number of nitrogens with zero attached hydrogens (tertiary/aromatic N) is 2. The molecule has 2 heterocycles. The normalized spacial score (nSPS) is 10.0. The van der Waals surface area contributed by atoms with Crippen molar-refractivity contribution in [3.63, 3.8) is 0 Å². The zero-order chi connectivity index (χ0) is 12.3. The van der Waals surface area contributed by atoms with Gasteiger partial charge < -0.3 is 5.32 Å². The summed E-state index contributed by atoms with van der Waals surface area (Å²) < 4.78 is 12.6. The Morgan fingerprint density at radius 3 is 2.76 bits per heavy atom. The van der Waals surface area contributed by atoms with E-state index in [-0.39, 0.29) is 10.8 Å². The van der Waals surface area contributed by atoms with Gasteiger partial charge in [-0.2, -0.15) is 0 Å². The fraction of sp³-hybridized carbons (Fsp3) is 0. The van der Waals surface area contributed by atoms with Crippen molar-refractivity contribution in [2.45, 2.75) is 0 Å². The molecule has 1 N–H and O–H groups in total. The van der Waals surface area contributed by atoms with Crippen LogP contribution in [0, 0.1) is 5.82 Å². The minimum absolute atomic E-state index is 0.103. The highest BCUT2D eigenvalue weighted by molar-refractivity contribution is 6.32. The molecule has 0 saturated heterocycles. The van der Waals surface area contributed by atoms with Crippen molar-refractivity contribution in [3.05, 3.63) is 53.3 Å². The Kier molecular flexibility index (Phi) is 3.30. The third-order valence-electron chi connectivity index (χ3n) is 1.97. The first-order valence-corrected chi connectivity index (χ1v) is 5.08. The molecule has 0 bridgehead atoms. The summed E-state index contributed by atoms with van der Waals surface area (Å²) in [5, 5.41) is 2.71. The molecule has 0 aliphatic heterocycles. The van der Waals surface area contributed by atoms with Crippen molar-refractivity contribution in [3.8, 4) is 0 Å². The molecular formula is C11H7ClFN3O. The van der Waals surface area contributed by atoms with Crippen LogP contribution in [0.4, 0.5) is 10.1 Å². The molecule has 0 fully saturated rings. The largest absolute Gasteiger partial charge is 0.318 e. The molecule has 0 atom stereocenters. The number of hydrogen-bond donors (Lipinski definition) is 1. The number of hydrogen-bond acceptors (Lipinski definition) is 3. The maximum atomic E-state index is 12.6. The van der Waals surface area contributed by atoms with Gasteiger partial charge in [0.15, 0.2) is 5.15 Å². The fourth-order valence-electron chi connectivity index (χ4n) is 1.18. The number of rotatable bonds is 2. The molecule has 0 aliphatic rings. The van der Waals surface area contributed by atoms with E-state index in [9.17, 15) is 9.18 Å². The summed E-state index contributed by atoms with van der Waals surface area (Å²) in [5.41, 5.74) is 0.483. The van der Waals surface area contributed by atoms with Crippen LogP contribution < -0.4 is 5.32 Å². The van der Waals surface area contributed by atoms with Gasteiger partial charge in [-0.15, -0.1) is 0 Å². The number of halogens is 2. The van der Waals surface area contributed by atoms with Crippen molar-refractivity contribution in [1.82, 2.24) is 9.97 Å². The van der Waals surface area contributed by atoms with Crippen LogP contribution in [0.1, 0.15) is 10.5 Å². The van der Waals surface area contributed by atoms with E-state index < -0.39 is 11.7 Å². The lowest BCUT2D eigenvalue weighted by molar-refractivity contribution is 0.102. The van der Waals surface area contributed by atoms with Crippen LogP contribution >= 0.6 is 11.6 Å². The maximum Gasteiger partial charge on any atom is 0.274 e. The summed E-state index contributed by atoms with van der Waals surface area (Å²) in [6, 6.07) is 5.69. The van der Waals surface area contributed by atoms with Crippen molar-refractivity contribution in [1.29, 1.82) is 0 Å². The van der Waals surface area contributed by atoms with Crippen LogP contribution in [0.15, 0.2) is 36.7 Å². The fourth-order valence-corrected chi connectivity index (χ4v) is 1.34. The van der Waals surface area contributed by atoms with Crippen LogP contribution in [-0.2, 0) is 0 Å². The van der Waals surface area contributed by atoms with Gasteiger partial charge in [-0.1, -0.05) is 11.6 Å². The number of carbonyl (C=O) groups is 1. The Balaban J connectivity index is 2.17. The Morgan fingerprint density at radius 1 is 1.29 bits per heavy atom. The van der Waals surface area contributed by atoms with Gasteiger partial charge in [-0.3, -0.25) is 4.79 Å². The molecule has 2 rings (SSSR count). The van der Waals surface area contributed by atoms with Gasteiger partial charge in [-0.25, -0.2) is 14.4 Å². The molecule has 1 amide bonds. The number of anilines is 1. The lowest BCUT2D eigenvalue weighted by Crippen LogP contribution is -2.14. The first kappa shape index (κ1) is 11.5. The van der Waals surface area contributed by atoms with E-state index in [4.69, 9.17) is 11.6 Å². The van der Waals surface area contributed by atoms with Crippen molar-refractivity contribution < 1.29 is 9.18 Å². The van der Waals surface area contributed by atoms with Crippen LogP contribution in [0.5, 0.6) is 0 Å². The van der Waals surface area contributed by atoms with Crippen LogP contribution in [0.3, 0.4) is 0 Å². The smallest absolute Gasteiger partial charge is 0.274 e. The van der Waals surface area contributed by atoms with Gasteiger partial charge in [0, 0.05) is 6.20 Å². The van der Waals surface area contributed by atoms with Crippen molar-refractivity contribution in [2.24, 2.45) is 0 Å². The molecule has 0 spiro atoms. The average molecular weight is 252 g/mol. The van der Waals surface area contributed by atoms with E-state index in [1.165, 1.54) is 12.3 Å². The quantitative estimate of drug-likeness (QED) is 0.835. The Hall–Kier alpha value is -2.01. The standard InChI is InChI=1S/C11H7ClFN3O/c12-10-8(2-1-5-14-10)16-11(17)9-4-3-7(13)6-15-9/h1-6H,(H,16,17). The molecule has 0 unspecified atom stereocenters. The van der Waals surface area contributed by atoms with Crippen LogP contribution in [-0.4, -0.2) is 15.9 Å². The van der Waals surface area contributed by atoms with Gasteiger partial charge in [0.2, 0.25) is 0 Å². The zero-order valence-corrected chi connectivity index (χ0v) is 9.28. The third-order valence-corrected chi connectivity index (χ3v) is 2.27. The summed E-state index contributed by atoms with van der Waals surface area (Å²) in [6.45, 7) is 0. The second-order valence-electron chi connectivity index (χ2n) is 3.16. The summed E-state index contributed by atoms with van der Waals surface area (Å²) in [5.74, 6) is -0.971. The van der Waals surface area contributed by atoms with Crippen LogP contribution in [0.25, 0.3) is 0 Å². The molecular weight excluding hydrogens is 245 g/mol. The monoisotopic (exact) mass is 251 g/mol. The number of amides is 1. The van der Waals surface area contributed by atoms with Gasteiger partial charge in [0.1, 0.15) is 11.5 Å². The highest BCUT2D eigenvalue weighted by Crippen LogP contribution is 2.17. The minimum Gasteiger partial charge on any atom is -0.318 e. The predicted octanol–water partition coefficient (Wildman–Crippen LogP) is 2.52. The minimum atomic E-state index is -0.499. The van der Waals surface area contributed by atoms with Crippen molar-refractivity contribution >= 4 is 23.2 Å². The highest BCUT2D eigenvalue weighted by Gasteiger charge is 2.09. The lowest BCUT2D eigenvalue weighted by Gasteiger charge is -2.05. The molecule has 0 aliphatic carbocycles. The summed E-state index contributed by atoms with van der Waals surface area (Å²) in [4.78, 5) is 19.2. The number of nitrogens with one attached hydrogen (secondary N) is 1. The molecule has 2 aromatic heterocycles. The lowest BCUT2D eigenvalue weighted by atomic mass is 10.3. The third kappa shape index (κ3) is 2.76. The molecule has 17 heavy (non-hydrogen) atoms. The first-order valence-electron chi connectivity index (χ1n) is 4.70. The zero-order valence-electron chi connectivity index (χ0n) is 8.52. The van der Waals surface area contributed by atoms with E-state index >= 15 is 0 Å². The molecule has 6 heteroatoms. The second-order valence-corrected chi connectivity index (χ2v) is 3.52. The van der Waals surface area contributed by atoms with E-state index in [2.05, 4.69) is 15.3 Å². The molecule has 86 valence electrons. The average Bonchev–Trinajstić information content (AvgIpc) is 2.33. The Morgan fingerprint density at radius 2 is 2.12 bits per heavy atom. The summed E-state index contributed by atoms with van der Waals surface area (Å²) >= 11 is 5.77. The van der Waals surface area contributed by atoms with E-state index in [1.54, 1.807) is 12.1 Å². The van der Waals surface area contributed by atoms with Gasteiger partial charge in [0.05, 0.1) is 11.9 Å². The second kappa shape index (κ2) is 4.88. The molecule has 4 nitrogen and oxygen atoms in total. The van der Waals surface area contributed by atoms with E-state index in [1.807, 2.05) is 0 Å². The summed E-state index contributed by atoms with van der Waals surface area (Å²) in [6.07, 6.45) is 2.48. The van der Waals surface area contributed by atoms with Gasteiger partial charge in [0.25, 0.3) is 5.91 Å². The Bertz CT molecular complexity index is 545. The van der Waals surface area contributed by atoms with Gasteiger partial charge >= 0.3 is 0 Å². The molecule has 0 saturated carbocycles. The molecule has 2 aromatic rings. The Labute approximate surface area is 101 Å². The van der Waals surface area contributed by atoms with E-state index in [0.717, 1.165) is 12.3 Å². The molecule has 0 radical (unpaired) electrons. The van der Waals surface area contributed by atoms with Crippen LogP contribution in [0.2, 0.25) is 5.15 Å². The van der Waals surface area contributed by atoms with Gasteiger partial charge in [-0.05, 0) is 24.3 Å². The maximum absolute atomic E-state index is 12.6. The number of aromatic nitrogens is 2. The number of carbonyl (C=O) groups excluding carboxylic acids is 1. The topological polar surface area (TPSA) is 54.9 Å². The molecule has 0 aromatic carbocycles. The summed E-state index contributed by atoms with van der Waals surface area (Å²) in [7, 11) is 0. The van der Waals surface area contributed by atoms with Crippen molar-refractivity contribution in [2.75, 3.05) is 5.32 Å².